The van der Waals surface area contributed by atoms with Gasteiger partial charge in [-0.2, -0.15) is 0 Å². The molecule has 0 saturated heterocycles. The quantitative estimate of drug-likeness (QED) is 0.879. The molecule has 2 atom stereocenters. The molecule has 1 aliphatic rings. The van der Waals surface area contributed by atoms with Crippen molar-refractivity contribution in [1.82, 2.24) is 5.32 Å². The number of rotatable bonds is 5. The van der Waals surface area contributed by atoms with Gasteiger partial charge in [-0.05, 0) is 37.0 Å². The second-order valence-corrected chi connectivity index (χ2v) is 6.95. The van der Waals surface area contributed by atoms with Crippen LogP contribution in [0.3, 0.4) is 0 Å². The number of benzene rings is 1. The number of hydrogen-bond acceptors (Lipinski definition) is 3. The second-order valence-electron chi connectivity index (χ2n) is 6.95. The molecule has 0 radical (unpaired) electrons. The van der Waals surface area contributed by atoms with E-state index in [2.05, 4.69) is 31.3 Å². The number of carbonyl (C=O) groups is 1. The van der Waals surface area contributed by atoms with Gasteiger partial charge in [0.2, 0.25) is 5.91 Å². The van der Waals surface area contributed by atoms with Crippen molar-refractivity contribution < 1.29 is 9.53 Å². The van der Waals surface area contributed by atoms with E-state index < -0.39 is 0 Å². The van der Waals surface area contributed by atoms with Gasteiger partial charge < -0.3 is 15.8 Å². The summed E-state index contributed by atoms with van der Waals surface area (Å²) in [7, 11) is 1.66. The highest BCUT2D eigenvalue weighted by atomic mass is 16.5. The van der Waals surface area contributed by atoms with Crippen LogP contribution in [0.4, 0.5) is 0 Å². The summed E-state index contributed by atoms with van der Waals surface area (Å²) >= 11 is 0. The Balaban J connectivity index is 1.92. The van der Waals surface area contributed by atoms with Crippen LogP contribution in [-0.4, -0.2) is 25.6 Å². The van der Waals surface area contributed by atoms with Gasteiger partial charge >= 0.3 is 0 Å². The highest BCUT2D eigenvalue weighted by Gasteiger charge is 2.27. The molecular formula is C18H28N2O2. The van der Waals surface area contributed by atoms with Gasteiger partial charge in [0.15, 0.2) is 0 Å². The molecule has 1 aliphatic carbocycles. The van der Waals surface area contributed by atoms with Gasteiger partial charge in [-0.15, -0.1) is 0 Å². The maximum Gasteiger partial charge on any atom is 0.223 e. The molecule has 0 aromatic heterocycles. The Morgan fingerprint density at radius 1 is 1.32 bits per heavy atom. The number of methoxy groups -OCH3 is 1. The zero-order valence-corrected chi connectivity index (χ0v) is 13.9. The van der Waals surface area contributed by atoms with E-state index in [9.17, 15) is 4.79 Å². The molecule has 1 aromatic rings. The molecule has 1 aromatic carbocycles. The van der Waals surface area contributed by atoms with E-state index in [4.69, 9.17) is 10.5 Å². The maximum absolute atomic E-state index is 12.3. The fourth-order valence-corrected chi connectivity index (χ4v) is 3.06. The van der Waals surface area contributed by atoms with Crippen LogP contribution in [0.2, 0.25) is 0 Å². The van der Waals surface area contributed by atoms with Crippen molar-refractivity contribution in [3.8, 4) is 5.75 Å². The van der Waals surface area contributed by atoms with E-state index in [-0.39, 0.29) is 23.3 Å². The Kier molecular flexibility index (Phi) is 5.46. The average Bonchev–Trinajstić information content (AvgIpc) is 2.52. The summed E-state index contributed by atoms with van der Waals surface area (Å²) in [6.45, 7) is 4.91. The maximum atomic E-state index is 12.3. The number of nitrogens with one attached hydrogen (secondary N) is 1. The minimum absolute atomic E-state index is 0.0791. The van der Waals surface area contributed by atoms with Gasteiger partial charge in [-0.1, -0.05) is 32.4 Å². The van der Waals surface area contributed by atoms with Crippen LogP contribution in [0.1, 0.15) is 45.1 Å². The van der Waals surface area contributed by atoms with Crippen molar-refractivity contribution in [3.05, 3.63) is 29.8 Å². The molecule has 0 spiro atoms. The van der Waals surface area contributed by atoms with E-state index in [1.807, 2.05) is 12.1 Å². The van der Waals surface area contributed by atoms with Gasteiger partial charge in [0.1, 0.15) is 5.75 Å². The summed E-state index contributed by atoms with van der Waals surface area (Å²) in [4.78, 5) is 12.3. The van der Waals surface area contributed by atoms with Crippen LogP contribution in [0.15, 0.2) is 24.3 Å². The van der Waals surface area contributed by atoms with Gasteiger partial charge in [0.25, 0.3) is 0 Å². The molecule has 0 bridgehead atoms. The predicted octanol–water partition coefficient (Wildman–Crippen LogP) is 2.61. The standard InChI is InChI=1S/C18H28N2O2/c1-18(2,14-7-9-16(22-3)10-8-14)12-20-17(21)13-5-4-6-15(19)11-13/h7-10,13,15H,4-6,11-12,19H2,1-3H3,(H,20,21). The second kappa shape index (κ2) is 7.14. The monoisotopic (exact) mass is 304 g/mol. The van der Waals surface area contributed by atoms with Crippen LogP contribution in [0.5, 0.6) is 5.75 Å². The van der Waals surface area contributed by atoms with Gasteiger partial charge in [0, 0.05) is 23.9 Å². The fourth-order valence-electron chi connectivity index (χ4n) is 3.06. The molecule has 0 aliphatic heterocycles. The molecule has 122 valence electrons. The predicted molar refractivity (Wildman–Crippen MR) is 89.0 cm³/mol. The van der Waals surface area contributed by atoms with E-state index in [1.54, 1.807) is 7.11 Å². The average molecular weight is 304 g/mol. The van der Waals surface area contributed by atoms with Crippen LogP contribution < -0.4 is 15.8 Å². The third kappa shape index (κ3) is 4.23. The van der Waals surface area contributed by atoms with Crippen molar-refractivity contribution in [2.75, 3.05) is 13.7 Å². The summed E-state index contributed by atoms with van der Waals surface area (Å²) < 4.78 is 5.19. The number of carbonyl (C=O) groups excluding carboxylic acids is 1. The Morgan fingerprint density at radius 3 is 2.59 bits per heavy atom. The Morgan fingerprint density at radius 2 is 2.00 bits per heavy atom. The van der Waals surface area contributed by atoms with Crippen molar-refractivity contribution in [2.45, 2.75) is 51.0 Å². The van der Waals surface area contributed by atoms with Crippen LogP contribution in [0, 0.1) is 5.92 Å². The Labute approximate surface area is 133 Å². The van der Waals surface area contributed by atoms with Crippen LogP contribution >= 0.6 is 0 Å². The summed E-state index contributed by atoms with van der Waals surface area (Å²) in [5.41, 5.74) is 7.05. The molecule has 0 heterocycles. The third-order valence-corrected chi connectivity index (χ3v) is 4.66. The van der Waals surface area contributed by atoms with Crippen molar-refractivity contribution in [1.29, 1.82) is 0 Å². The highest BCUT2D eigenvalue weighted by Crippen LogP contribution is 2.26. The topological polar surface area (TPSA) is 64.3 Å². The Bertz CT molecular complexity index is 496. The molecule has 4 nitrogen and oxygen atoms in total. The number of hydrogen-bond donors (Lipinski definition) is 2. The fraction of sp³-hybridized carbons (Fsp3) is 0.611. The summed E-state index contributed by atoms with van der Waals surface area (Å²) in [5, 5.41) is 3.11. The van der Waals surface area contributed by atoms with E-state index in [0.717, 1.165) is 31.4 Å². The summed E-state index contributed by atoms with van der Waals surface area (Å²) in [6, 6.07) is 8.21. The number of amides is 1. The van der Waals surface area contributed by atoms with E-state index in [0.29, 0.717) is 6.54 Å². The molecule has 2 rings (SSSR count). The highest BCUT2D eigenvalue weighted by molar-refractivity contribution is 5.78. The van der Waals surface area contributed by atoms with Gasteiger partial charge in [-0.3, -0.25) is 4.79 Å². The van der Waals surface area contributed by atoms with Crippen molar-refractivity contribution >= 4 is 5.91 Å². The normalized spacial score (nSPS) is 22.2. The first-order valence-corrected chi connectivity index (χ1v) is 8.10. The van der Waals surface area contributed by atoms with Gasteiger partial charge in [-0.25, -0.2) is 0 Å². The summed E-state index contributed by atoms with van der Waals surface area (Å²) in [5.74, 6) is 1.08. The lowest BCUT2D eigenvalue weighted by Gasteiger charge is -2.29. The zero-order valence-electron chi connectivity index (χ0n) is 13.9. The molecule has 2 unspecified atom stereocenters. The molecule has 3 N–H and O–H groups in total. The molecular weight excluding hydrogens is 276 g/mol. The first kappa shape index (κ1) is 16.8. The first-order valence-electron chi connectivity index (χ1n) is 8.10. The molecule has 22 heavy (non-hydrogen) atoms. The minimum Gasteiger partial charge on any atom is -0.497 e. The lowest BCUT2D eigenvalue weighted by Crippen LogP contribution is -2.42. The van der Waals surface area contributed by atoms with Crippen LogP contribution in [0.25, 0.3) is 0 Å². The zero-order chi connectivity index (χ0) is 16.2. The molecule has 1 saturated carbocycles. The van der Waals surface area contributed by atoms with E-state index >= 15 is 0 Å². The van der Waals surface area contributed by atoms with Crippen LogP contribution in [-0.2, 0) is 10.2 Å². The smallest absolute Gasteiger partial charge is 0.223 e. The third-order valence-electron chi connectivity index (χ3n) is 4.66. The Hall–Kier alpha value is -1.55. The van der Waals surface area contributed by atoms with Crippen molar-refractivity contribution in [2.24, 2.45) is 11.7 Å². The first-order chi connectivity index (χ1) is 10.4. The number of ether oxygens (including phenoxy) is 1. The van der Waals surface area contributed by atoms with E-state index in [1.165, 1.54) is 5.56 Å². The molecule has 1 fully saturated rings. The summed E-state index contributed by atoms with van der Waals surface area (Å²) in [6.07, 6.45) is 3.87. The van der Waals surface area contributed by atoms with Crippen molar-refractivity contribution in [3.63, 3.8) is 0 Å². The number of nitrogens with two attached hydrogens (primary N) is 1. The minimum atomic E-state index is -0.112. The largest absolute Gasteiger partial charge is 0.497 e. The SMILES string of the molecule is COc1ccc(C(C)(C)CNC(=O)C2CCCC(N)C2)cc1. The molecule has 1 amide bonds. The molecule has 4 heteroatoms. The lowest BCUT2D eigenvalue weighted by molar-refractivity contribution is -0.126. The lowest BCUT2D eigenvalue weighted by atomic mass is 9.83. The van der Waals surface area contributed by atoms with Gasteiger partial charge in [0.05, 0.1) is 7.11 Å².